The lowest BCUT2D eigenvalue weighted by molar-refractivity contribution is -0.0965. The van der Waals surface area contributed by atoms with Crippen LogP contribution in [0.25, 0.3) is 0 Å². The maximum atomic E-state index is 6.79. The van der Waals surface area contributed by atoms with E-state index in [1.54, 1.807) is 0 Å². The summed E-state index contributed by atoms with van der Waals surface area (Å²) in [6.45, 7) is 0. The SMILES string of the molecule is [B]C1CCC2C(C1)C(C1C=C[C@@H](C3C=CCCC3)CC1)C1CCCCC1C2C1C=CC2CCCCC2C1. The minimum absolute atomic E-state index is 0.460. The Morgan fingerprint density at radius 3 is 1.84 bits per heavy atom. The van der Waals surface area contributed by atoms with Gasteiger partial charge in [0.15, 0.2) is 0 Å². The Balaban J connectivity index is 1.17. The quantitative estimate of drug-likeness (QED) is 0.269. The Kier molecular flexibility index (Phi) is 7.54. The van der Waals surface area contributed by atoms with Gasteiger partial charge in [0.05, 0.1) is 7.85 Å². The second-order valence-electron chi connectivity index (χ2n) is 15.0. The van der Waals surface area contributed by atoms with Gasteiger partial charge in [-0.15, -0.1) is 0 Å². The summed E-state index contributed by atoms with van der Waals surface area (Å²) in [7, 11) is 6.79. The molecule has 0 saturated heterocycles. The van der Waals surface area contributed by atoms with Crippen molar-refractivity contribution in [1.82, 2.24) is 0 Å². The predicted octanol–water partition coefficient (Wildman–Crippen LogP) is 9.73. The largest absolute Gasteiger partial charge is 0.0882 e. The van der Waals surface area contributed by atoms with Gasteiger partial charge in [0.1, 0.15) is 0 Å². The first kappa shape index (κ1) is 25.3. The van der Waals surface area contributed by atoms with Crippen molar-refractivity contribution in [3.63, 3.8) is 0 Å². The van der Waals surface area contributed by atoms with Crippen molar-refractivity contribution in [2.75, 3.05) is 0 Å². The fourth-order valence-electron chi connectivity index (χ4n) is 11.7. The average Bonchev–Trinajstić information content (AvgIpc) is 2.96. The molecule has 0 spiro atoms. The maximum Gasteiger partial charge on any atom is 0.0699 e. The summed E-state index contributed by atoms with van der Waals surface area (Å²) >= 11 is 0. The molecular formula is C36H53B. The Hall–Kier alpha value is -0.715. The molecule has 4 saturated carbocycles. The van der Waals surface area contributed by atoms with Gasteiger partial charge >= 0.3 is 0 Å². The van der Waals surface area contributed by atoms with Crippen LogP contribution in [0.15, 0.2) is 36.5 Å². The summed E-state index contributed by atoms with van der Waals surface area (Å²) in [6, 6.07) is 0. The summed E-state index contributed by atoms with van der Waals surface area (Å²) in [4.78, 5) is 0. The highest BCUT2D eigenvalue weighted by molar-refractivity contribution is 6.11. The Labute approximate surface area is 230 Å². The highest BCUT2D eigenvalue weighted by Gasteiger charge is 2.55. The molecule has 200 valence electrons. The van der Waals surface area contributed by atoms with Gasteiger partial charge < -0.3 is 0 Å². The minimum Gasteiger partial charge on any atom is -0.0882 e. The molecule has 0 aromatic rings. The third kappa shape index (κ3) is 4.90. The first-order valence-corrected chi connectivity index (χ1v) is 17.0. The summed E-state index contributed by atoms with van der Waals surface area (Å²) in [5.74, 6) is 11.4. The molecule has 0 heterocycles. The Morgan fingerprint density at radius 1 is 0.432 bits per heavy atom. The molecule has 4 fully saturated rings. The van der Waals surface area contributed by atoms with Crippen LogP contribution in [0.4, 0.5) is 0 Å². The summed E-state index contributed by atoms with van der Waals surface area (Å²) < 4.78 is 0. The lowest BCUT2D eigenvalue weighted by atomic mass is 9.44. The van der Waals surface area contributed by atoms with Gasteiger partial charge in [0.25, 0.3) is 0 Å². The van der Waals surface area contributed by atoms with E-state index in [2.05, 4.69) is 36.5 Å². The van der Waals surface area contributed by atoms with Gasteiger partial charge in [0.2, 0.25) is 0 Å². The van der Waals surface area contributed by atoms with E-state index in [0.717, 1.165) is 71.0 Å². The standard InChI is InChI=1S/C36H53B/c37-30-20-21-33-34(23-30)35(27-17-14-26(15-18-27)24-8-2-1-3-9-24)31-12-6-7-13-32(31)36(33)29-19-16-25-10-4-5-11-28(25)22-29/h2,8,14,16-17,19,24-36H,1,3-7,9-13,15,18,20-23H2/t24?,25?,26-,27?,28?,29?,30?,31?,32?,33?,34?,35?,36?/m1/s1. The van der Waals surface area contributed by atoms with E-state index < -0.39 is 0 Å². The van der Waals surface area contributed by atoms with Crippen molar-refractivity contribution < 1.29 is 0 Å². The molecule has 2 radical (unpaired) electrons. The van der Waals surface area contributed by atoms with Gasteiger partial charge in [-0.1, -0.05) is 87.2 Å². The molecule has 0 N–H and O–H groups in total. The first-order chi connectivity index (χ1) is 18.3. The van der Waals surface area contributed by atoms with Gasteiger partial charge in [-0.05, 0) is 135 Å². The normalized spacial score (nSPS) is 51.6. The van der Waals surface area contributed by atoms with E-state index in [-0.39, 0.29) is 0 Å². The van der Waals surface area contributed by atoms with Crippen molar-refractivity contribution in [3.05, 3.63) is 36.5 Å². The monoisotopic (exact) mass is 496 g/mol. The summed E-state index contributed by atoms with van der Waals surface area (Å²) in [6.07, 6.45) is 40.6. The zero-order chi connectivity index (χ0) is 24.8. The second-order valence-corrected chi connectivity index (χ2v) is 15.0. The van der Waals surface area contributed by atoms with Crippen LogP contribution in [0.3, 0.4) is 0 Å². The highest BCUT2D eigenvalue weighted by Crippen LogP contribution is 2.63. The van der Waals surface area contributed by atoms with Crippen LogP contribution in [0.5, 0.6) is 0 Å². The predicted molar refractivity (Wildman–Crippen MR) is 157 cm³/mol. The molecule has 0 bridgehead atoms. The van der Waals surface area contributed by atoms with Gasteiger partial charge in [-0.2, -0.15) is 0 Å². The molecule has 37 heavy (non-hydrogen) atoms. The van der Waals surface area contributed by atoms with Crippen LogP contribution in [-0.2, 0) is 0 Å². The fourth-order valence-corrected chi connectivity index (χ4v) is 11.7. The molecule has 7 aliphatic rings. The average molecular weight is 497 g/mol. The fraction of sp³-hybridized carbons (Fsp3) is 0.833. The molecular weight excluding hydrogens is 443 g/mol. The Morgan fingerprint density at radius 2 is 1.05 bits per heavy atom. The Bertz CT molecular complexity index is 868. The van der Waals surface area contributed by atoms with Crippen LogP contribution < -0.4 is 0 Å². The molecule has 0 aromatic heterocycles. The van der Waals surface area contributed by atoms with Crippen LogP contribution >= 0.6 is 0 Å². The van der Waals surface area contributed by atoms with Crippen molar-refractivity contribution in [1.29, 1.82) is 0 Å². The third-order valence-corrected chi connectivity index (χ3v) is 13.3. The highest BCUT2D eigenvalue weighted by atomic mass is 14.6. The van der Waals surface area contributed by atoms with Crippen LogP contribution in [0.1, 0.15) is 109 Å². The minimum atomic E-state index is 0.460. The van der Waals surface area contributed by atoms with Crippen LogP contribution in [-0.4, -0.2) is 7.85 Å². The van der Waals surface area contributed by atoms with Crippen LogP contribution in [0.2, 0.25) is 5.82 Å². The van der Waals surface area contributed by atoms with E-state index in [9.17, 15) is 0 Å². The lowest BCUT2D eigenvalue weighted by Gasteiger charge is -2.60. The third-order valence-electron chi connectivity index (χ3n) is 13.3. The van der Waals surface area contributed by atoms with Crippen LogP contribution in [0, 0.1) is 71.0 Å². The van der Waals surface area contributed by atoms with Crippen molar-refractivity contribution in [2.45, 2.75) is 115 Å². The van der Waals surface area contributed by atoms with Crippen molar-refractivity contribution >= 4 is 7.85 Å². The second kappa shape index (κ2) is 11.0. The van der Waals surface area contributed by atoms with Gasteiger partial charge in [0, 0.05) is 0 Å². The number of rotatable bonds is 3. The van der Waals surface area contributed by atoms with E-state index >= 15 is 0 Å². The zero-order valence-corrected chi connectivity index (χ0v) is 23.6. The summed E-state index contributed by atoms with van der Waals surface area (Å²) in [5.41, 5.74) is 0. The molecule has 1 heteroatoms. The molecule has 0 aliphatic heterocycles. The van der Waals surface area contributed by atoms with Gasteiger partial charge in [-0.3, -0.25) is 0 Å². The van der Waals surface area contributed by atoms with E-state index in [0.29, 0.717) is 5.82 Å². The number of allylic oxidation sites excluding steroid dienone is 6. The molecule has 12 unspecified atom stereocenters. The number of hydrogen-bond donors (Lipinski definition) is 0. The van der Waals surface area contributed by atoms with E-state index in [1.807, 2.05) is 0 Å². The summed E-state index contributed by atoms with van der Waals surface area (Å²) in [5, 5.41) is 0. The molecule has 13 atom stereocenters. The van der Waals surface area contributed by atoms with E-state index in [4.69, 9.17) is 7.85 Å². The molecule has 7 rings (SSSR count). The molecule has 0 amide bonds. The number of hydrogen-bond acceptors (Lipinski definition) is 0. The van der Waals surface area contributed by atoms with Crippen molar-refractivity contribution in [2.24, 2.45) is 71.0 Å². The molecule has 7 aliphatic carbocycles. The molecule has 0 nitrogen and oxygen atoms in total. The topological polar surface area (TPSA) is 0 Å². The first-order valence-electron chi connectivity index (χ1n) is 17.0. The zero-order valence-electron chi connectivity index (χ0n) is 23.6. The maximum absolute atomic E-state index is 6.79. The van der Waals surface area contributed by atoms with Crippen molar-refractivity contribution in [3.8, 4) is 0 Å². The number of fused-ring (bicyclic) bond motifs is 3. The smallest absolute Gasteiger partial charge is 0.0699 e. The molecule has 0 aromatic carbocycles. The lowest BCUT2D eigenvalue weighted by Crippen LogP contribution is -2.53. The van der Waals surface area contributed by atoms with Gasteiger partial charge in [-0.25, -0.2) is 0 Å². The van der Waals surface area contributed by atoms with E-state index in [1.165, 1.54) is 109 Å².